The van der Waals surface area contributed by atoms with Crippen LogP contribution in [0.15, 0.2) is 48.5 Å². The summed E-state index contributed by atoms with van der Waals surface area (Å²) >= 11 is 0. The maximum Gasteiger partial charge on any atom is 0.319 e. The van der Waals surface area contributed by atoms with Crippen LogP contribution in [0.5, 0.6) is 5.75 Å². The zero-order valence-corrected chi connectivity index (χ0v) is 14.2. The Morgan fingerprint density at radius 1 is 1.08 bits per heavy atom. The van der Waals surface area contributed by atoms with Gasteiger partial charge in [-0.25, -0.2) is 4.79 Å². The molecule has 1 atom stereocenters. The molecule has 0 aromatic heterocycles. The molecular formula is C20H23N3O2. The van der Waals surface area contributed by atoms with Crippen LogP contribution in [0, 0.1) is 0 Å². The van der Waals surface area contributed by atoms with E-state index < -0.39 is 0 Å². The van der Waals surface area contributed by atoms with Gasteiger partial charge < -0.3 is 20.3 Å². The highest BCUT2D eigenvalue weighted by Crippen LogP contribution is 2.29. The first-order chi connectivity index (χ1) is 12.3. The van der Waals surface area contributed by atoms with Crippen LogP contribution in [-0.4, -0.2) is 31.8 Å². The Hall–Kier alpha value is -2.69. The van der Waals surface area contributed by atoms with Crippen LogP contribution >= 0.6 is 0 Å². The van der Waals surface area contributed by atoms with E-state index >= 15 is 0 Å². The van der Waals surface area contributed by atoms with Crippen molar-refractivity contribution in [1.29, 1.82) is 0 Å². The number of ether oxygens (including phenoxy) is 1. The van der Waals surface area contributed by atoms with Crippen molar-refractivity contribution in [2.45, 2.75) is 25.4 Å². The average Bonchev–Trinajstić information content (AvgIpc) is 3.30. The minimum absolute atomic E-state index is 0.00280. The van der Waals surface area contributed by atoms with E-state index in [1.165, 1.54) is 18.4 Å². The van der Waals surface area contributed by atoms with Crippen molar-refractivity contribution in [3.8, 4) is 5.75 Å². The molecule has 25 heavy (non-hydrogen) atoms. The van der Waals surface area contributed by atoms with Crippen LogP contribution in [0.1, 0.15) is 18.4 Å². The molecule has 0 saturated carbocycles. The Kier molecular flexibility index (Phi) is 4.46. The number of hydrogen-bond donors (Lipinski definition) is 2. The smallest absolute Gasteiger partial charge is 0.319 e. The van der Waals surface area contributed by atoms with Crippen molar-refractivity contribution in [3.63, 3.8) is 0 Å². The zero-order chi connectivity index (χ0) is 17.1. The number of carbonyl (C=O) groups excluding carboxylic acids is 1. The highest BCUT2D eigenvalue weighted by atomic mass is 16.5. The third-order valence-electron chi connectivity index (χ3n) is 4.80. The SMILES string of the molecule is O=C(NC[C@@H]1Cc2ccccc2O1)Nc1ccccc1N1CCCC1. The van der Waals surface area contributed by atoms with E-state index in [1.807, 2.05) is 36.4 Å². The molecule has 2 aliphatic heterocycles. The summed E-state index contributed by atoms with van der Waals surface area (Å²) < 4.78 is 5.86. The Labute approximate surface area is 148 Å². The molecule has 0 spiro atoms. The lowest BCUT2D eigenvalue weighted by Crippen LogP contribution is -2.37. The standard InChI is InChI=1S/C20H23N3O2/c24-20(21-14-16-13-15-7-1-4-10-19(15)25-16)22-17-8-2-3-9-18(17)23-11-5-6-12-23/h1-4,7-10,16H,5-6,11-14H2,(H2,21,22,24)/t16-/m0/s1. The summed E-state index contributed by atoms with van der Waals surface area (Å²) in [5.74, 6) is 0.925. The van der Waals surface area contributed by atoms with E-state index in [1.54, 1.807) is 0 Å². The summed E-state index contributed by atoms with van der Waals surface area (Å²) in [6.07, 6.45) is 3.25. The molecule has 2 aliphatic rings. The van der Waals surface area contributed by atoms with E-state index in [9.17, 15) is 4.79 Å². The number of nitrogens with zero attached hydrogens (tertiary/aromatic N) is 1. The summed E-state index contributed by atoms with van der Waals surface area (Å²) in [7, 11) is 0. The van der Waals surface area contributed by atoms with Crippen molar-refractivity contribution in [3.05, 3.63) is 54.1 Å². The molecule has 0 unspecified atom stereocenters. The van der Waals surface area contributed by atoms with Gasteiger partial charge in [-0.1, -0.05) is 30.3 Å². The number of benzene rings is 2. The van der Waals surface area contributed by atoms with Gasteiger partial charge in [-0.2, -0.15) is 0 Å². The van der Waals surface area contributed by atoms with Crippen LogP contribution in [0.3, 0.4) is 0 Å². The number of fused-ring (bicyclic) bond motifs is 1. The fourth-order valence-electron chi connectivity index (χ4n) is 3.55. The number of nitrogens with one attached hydrogen (secondary N) is 2. The molecule has 130 valence electrons. The Bertz CT molecular complexity index is 731. The maximum atomic E-state index is 12.3. The monoisotopic (exact) mass is 337 g/mol. The van der Waals surface area contributed by atoms with Crippen molar-refractivity contribution in [2.24, 2.45) is 0 Å². The molecular weight excluding hydrogens is 314 g/mol. The van der Waals surface area contributed by atoms with Gasteiger partial charge in [0.2, 0.25) is 0 Å². The number of hydrogen-bond acceptors (Lipinski definition) is 3. The predicted molar refractivity (Wildman–Crippen MR) is 99.5 cm³/mol. The number of rotatable bonds is 4. The van der Waals surface area contributed by atoms with Crippen LogP contribution < -0.4 is 20.3 Å². The van der Waals surface area contributed by atoms with Crippen LogP contribution in [-0.2, 0) is 6.42 Å². The van der Waals surface area contributed by atoms with Gasteiger partial charge >= 0.3 is 6.03 Å². The Morgan fingerprint density at radius 2 is 1.84 bits per heavy atom. The number of anilines is 2. The Morgan fingerprint density at radius 3 is 2.68 bits per heavy atom. The van der Waals surface area contributed by atoms with E-state index in [-0.39, 0.29) is 12.1 Å². The highest BCUT2D eigenvalue weighted by molar-refractivity contribution is 5.93. The molecule has 2 amide bonds. The lowest BCUT2D eigenvalue weighted by molar-refractivity contribution is 0.219. The lowest BCUT2D eigenvalue weighted by Gasteiger charge is -2.21. The van der Waals surface area contributed by atoms with Gasteiger partial charge in [-0.05, 0) is 36.6 Å². The first-order valence-corrected chi connectivity index (χ1v) is 8.93. The predicted octanol–water partition coefficient (Wildman–Crippen LogP) is 3.41. The van der Waals surface area contributed by atoms with E-state index in [4.69, 9.17) is 4.74 Å². The first kappa shape index (κ1) is 15.8. The maximum absolute atomic E-state index is 12.3. The number of carbonyl (C=O) groups is 1. The quantitative estimate of drug-likeness (QED) is 0.899. The fourth-order valence-corrected chi connectivity index (χ4v) is 3.55. The number of para-hydroxylation sites is 3. The molecule has 4 rings (SSSR count). The van der Waals surface area contributed by atoms with Crippen molar-refractivity contribution >= 4 is 17.4 Å². The van der Waals surface area contributed by atoms with Gasteiger partial charge in [0.05, 0.1) is 17.9 Å². The summed E-state index contributed by atoms with van der Waals surface area (Å²) in [4.78, 5) is 14.6. The van der Waals surface area contributed by atoms with Crippen molar-refractivity contribution in [2.75, 3.05) is 29.9 Å². The molecule has 2 N–H and O–H groups in total. The first-order valence-electron chi connectivity index (χ1n) is 8.93. The largest absolute Gasteiger partial charge is 0.488 e. The normalized spacial score (nSPS) is 18.6. The minimum atomic E-state index is -0.189. The molecule has 5 nitrogen and oxygen atoms in total. The summed E-state index contributed by atoms with van der Waals surface area (Å²) in [5.41, 5.74) is 3.16. The molecule has 0 aliphatic carbocycles. The zero-order valence-electron chi connectivity index (χ0n) is 14.2. The topological polar surface area (TPSA) is 53.6 Å². The third-order valence-corrected chi connectivity index (χ3v) is 4.80. The second-order valence-corrected chi connectivity index (χ2v) is 6.60. The fraction of sp³-hybridized carbons (Fsp3) is 0.350. The van der Waals surface area contributed by atoms with Gasteiger partial charge in [-0.15, -0.1) is 0 Å². The molecule has 2 aromatic rings. The molecule has 2 aromatic carbocycles. The molecule has 1 saturated heterocycles. The number of amides is 2. The molecule has 2 heterocycles. The minimum Gasteiger partial charge on any atom is -0.488 e. The van der Waals surface area contributed by atoms with E-state index in [0.717, 1.165) is 36.6 Å². The van der Waals surface area contributed by atoms with Crippen LogP contribution in [0.2, 0.25) is 0 Å². The highest BCUT2D eigenvalue weighted by Gasteiger charge is 2.23. The second kappa shape index (κ2) is 7.05. The molecule has 0 radical (unpaired) electrons. The summed E-state index contributed by atoms with van der Waals surface area (Å²) in [6, 6.07) is 15.8. The van der Waals surface area contributed by atoms with Crippen LogP contribution in [0.25, 0.3) is 0 Å². The lowest BCUT2D eigenvalue weighted by atomic mass is 10.1. The van der Waals surface area contributed by atoms with Gasteiger partial charge in [0.1, 0.15) is 11.9 Å². The van der Waals surface area contributed by atoms with Gasteiger partial charge in [-0.3, -0.25) is 0 Å². The second-order valence-electron chi connectivity index (χ2n) is 6.60. The Balaban J connectivity index is 1.33. The molecule has 1 fully saturated rings. The van der Waals surface area contributed by atoms with Gasteiger partial charge in [0.15, 0.2) is 0 Å². The summed E-state index contributed by atoms with van der Waals surface area (Å²) in [5, 5.41) is 5.92. The van der Waals surface area contributed by atoms with Crippen LogP contribution in [0.4, 0.5) is 16.2 Å². The average molecular weight is 337 g/mol. The number of urea groups is 1. The molecule has 0 bridgehead atoms. The third kappa shape index (κ3) is 3.55. The summed E-state index contributed by atoms with van der Waals surface area (Å²) in [6.45, 7) is 2.59. The van der Waals surface area contributed by atoms with E-state index in [0.29, 0.717) is 6.54 Å². The molecule has 5 heteroatoms. The van der Waals surface area contributed by atoms with Crippen molar-refractivity contribution < 1.29 is 9.53 Å². The van der Waals surface area contributed by atoms with Crippen molar-refractivity contribution in [1.82, 2.24) is 5.32 Å². The van der Waals surface area contributed by atoms with E-state index in [2.05, 4.69) is 27.7 Å². The van der Waals surface area contributed by atoms with Gasteiger partial charge in [0, 0.05) is 19.5 Å². The van der Waals surface area contributed by atoms with Gasteiger partial charge in [0.25, 0.3) is 0 Å².